The van der Waals surface area contributed by atoms with Gasteiger partial charge in [-0.1, -0.05) is 224 Å². The van der Waals surface area contributed by atoms with Gasteiger partial charge in [-0.05, 0) is 110 Å². The molecule has 3 N–H and O–H groups in total. The Kier molecular flexibility index (Phi) is 31.0. The number of phenols is 3. The van der Waals surface area contributed by atoms with Crippen LogP contribution in [0, 0.1) is 60.6 Å². The Bertz CT molecular complexity index is 6640. The summed E-state index contributed by atoms with van der Waals surface area (Å²) in [7, 11) is 0. The van der Waals surface area contributed by atoms with E-state index in [1.807, 2.05) is 70.1 Å². The third-order valence-corrected chi connectivity index (χ3v) is 28.6. The Balaban J connectivity index is 0.000000171. The Morgan fingerprint density at radius 1 is 0.378 bits per heavy atom. The number of carbonyl (C=O) groups is 3. The molecule has 15 rings (SSSR count). The number of amides is 3. The zero-order valence-electron chi connectivity index (χ0n) is 72.8. The fourth-order valence-electron chi connectivity index (χ4n) is 16.4. The second-order valence-corrected chi connectivity index (χ2v) is 37.4. The molecule has 3 fully saturated rings. The van der Waals surface area contributed by atoms with Crippen LogP contribution in [-0.4, -0.2) is 170 Å². The number of carbonyl (C=O) groups excluding carboxylic acids is 3. The number of benzene rings is 3. The van der Waals surface area contributed by atoms with Gasteiger partial charge < -0.3 is 44.7 Å². The summed E-state index contributed by atoms with van der Waals surface area (Å²) in [6.45, 7) is 31.6. The monoisotopic (exact) mass is 2100 g/mol. The third kappa shape index (κ3) is 18.4. The number of halogens is 15. The number of hydrogen-bond donors (Lipinski definition) is 3. The van der Waals surface area contributed by atoms with Crippen molar-refractivity contribution in [1.29, 1.82) is 15.8 Å². The van der Waals surface area contributed by atoms with Crippen LogP contribution in [0.15, 0.2) is 107 Å². The largest absolute Gasteiger partial charge is 0.505 e. The van der Waals surface area contributed by atoms with E-state index in [1.165, 1.54) is 38.0 Å². The van der Waals surface area contributed by atoms with E-state index in [2.05, 4.69) is 52.9 Å². The highest BCUT2D eigenvalue weighted by atomic mass is 35.5. The molecular formula is C93H75Cl14FN18O9. The van der Waals surface area contributed by atoms with Crippen LogP contribution in [0.3, 0.4) is 0 Å². The maximum Gasteiger partial charge on any atom is 0.276 e. The number of aryl methyl sites for hydroxylation is 3. The lowest BCUT2D eigenvalue weighted by Gasteiger charge is -2.36. The number of phenolic OH excluding ortho intramolecular Hbond substituents is 3. The molecule has 0 unspecified atom stereocenters. The first-order valence-corrected chi connectivity index (χ1v) is 46.4. The summed E-state index contributed by atoms with van der Waals surface area (Å²) >= 11 is 90.2. The summed E-state index contributed by atoms with van der Waals surface area (Å²) in [4.78, 5) is 119. The van der Waals surface area contributed by atoms with Gasteiger partial charge in [-0.3, -0.25) is 57.4 Å². The molecular weight excluding hydrogens is 2030 g/mol. The first-order valence-electron chi connectivity index (χ1n) is 41.1. The van der Waals surface area contributed by atoms with Crippen molar-refractivity contribution in [1.82, 2.24) is 58.3 Å². The Morgan fingerprint density at radius 2 is 0.622 bits per heavy atom. The number of anilines is 3. The minimum atomic E-state index is -1.21. The topological polar surface area (TPSA) is 346 Å². The van der Waals surface area contributed by atoms with Crippen LogP contribution in [0.2, 0.25) is 70.3 Å². The molecule has 3 aliphatic rings. The van der Waals surface area contributed by atoms with Crippen LogP contribution in [0.25, 0.3) is 83.9 Å². The number of piperazine rings is 3. The first-order chi connectivity index (χ1) is 64.0. The molecule has 12 heterocycles. The number of aromatic nitrogens is 9. The zero-order valence-corrected chi connectivity index (χ0v) is 83.4. The SMILES string of the molecule is C=CC(=O)N1CCN(c2c(C#N)c(=O)n(-c3c(C)ccnc3C(C)C)c3nc(-c4c(Cl)c(O)c(Cl)c(Cl)c4Cl)c(Cl)cc23)CC1.C=CC(=O)N1CCN(c2c(C#N)c(=O)n(-c3c(C)ccnc3C(C)C)c3nc(-c4c(Cl)c(O)c(Cl)c(Cl)c4Cl)c(Cl)cc23)CC1.C=CC(=O)N1CCN(c2c(C#N)c(=O)n(-c3c(C)ccnc3C(C)C)c3nc(-c4c(F)c(O)c(Cl)c(Cl)c4Cl)c(Cl)cc23)CC1. The normalized spacial score (nSPS) is 13.4. The number of fused-ring (bicyclic) bond motifs is 3. The van der Waals surface area contributed by atoms with Gasteiger partial charge in [-0.25, -0.2) is 19.3 Å². The molecule has 0 saturated carbocycles. The van der Waals surface area contributed by atoms with E-state index >= 15 is 4.39 Å². The van der Waals surface area contributed by atoms with Gasteiger partial charge in [-0.15, -0.1) is 0 Å². The number of rotatable bonds is 15. The molecule has 0 bridgehead atoms. The van der Waals surface area contributed by atoms with Gasteiger partial charge >= 0.3 is 0 Å². The van der Waals surface area contributed by atoms with E-state index in [1.54, 1.807) is 70.5 Å². The quantitative estimate of drug-likeness (QED) is 0.0487. The van der Waals surface area contributed by atoms with Crippen molar-refractivity contribution < 1.29 is 34.1 Å². The van der Waals surface area contributed by atoms with Gasteiger partial charge in [0.15, 0.2) is 23.1 Å². The van der Waals surface area contributed by atoms with Gasteiger partial charge in [0.1, 0.15) is 66.9 Å². The van der Waals surface area contributed by atoms with Crippen LogP contribution in [0.1, 0.15) is 110 Å². The summed E-state index contributed by atoms with van der Waals surface area (Å²) in [5, 5.41) is 61.2. The van der Waals surface area contributed by atoms with Crippen molar-refractivity contribution >= 4 is 230 Å². The summed E-state index contributed by atoms with van der Waals surface area (Å²) in [6.07, 6.45) is 8.65. The van der Waals surface area contributed by atoms with Crippen molar-refractivity contribution in [3.8, 4) is 86.3 Å². The molecule has 12 aromatic rings. The average Bonchev–Trinajstić information content (AvgIpc) is 0.728. The molecule has 3 amide bonds. The van der Waals surface area contributed by atoms with Crippen LogP contribution in [0.4, 0.5) is 21.5 Å². The van der Waals surface area contributed by atoms with Crippen molar-refractivity contribution in [3.05, 3.63) is 251 Å². The van der Waals surface area contributed by atoms with Crippen molar-refractivity contribution in [2.24, 2.45) is 0 Å². The zero-order chi connectivity index (χ0) is 98.7. The van der Waals surface area contributed by atoms with E-state index < -0.39 is 50.3 Å². The number of aromatic hydroxyl groups is 3. The van der Waals surface area contributed by atoms with Gasteiger partial charge in [0.25, 0.3) is 16.7 Å². The minimum absolute atomic E-state index is 0.00517. The first kappa shape index (κ1) is 102. The second-order valence-electron chi connectivity index (χ2n) is 32.0. The van der Waals surface area contributed by atoms with Gasteiger partial charge in [0.2, 0.25) is 17.7 Å². The lowest BCUT2D eigenvalue weighted by atomic mass is 10.0. The van der Waals surface area contributed by atoms with Crippen molar-refractivity contribution in [2.75, 3.05) is 93.2 Å². The fraction of sp³-hybridized carbons (Fsp3) is 0.258. The highest BCUT2D eigenvalue weighted by molar-refractivity contribution is 6.54. The van der Waals surface area contributed by atoms with Gasteiger partial charge in [-0.2, -0.15) is 15.8 Å². The summed E-state index contributed by atoms with van der Waals surface area (Å²) in [6, 6.07) is 16.1. The molecule has 135 heavy (non-hydrogen) atoms. The van der Waals surface area contributed by atoms with Gasteiger partial charge in [0, 0.05) is 124 Å². The van der Waals surface area contributed by atoms with E-state index in [9.17, 15) is 59.9 Å². The highest BCUT2D eigenvalue weighted by Crippen LogP contribution is 2.55. The van der Waals surface area contributed by atoms with Crippen LogP contribution in [-0.2, 0) is 14.4 Å². The number of nitrogens with zero attached hydrogens (tertiary/aromatic N) is 18. The van der Waals surface area contributed by atoms with Crippen LogP contribution < -0.4 is 31.4 Å². The van der Waals surface area contributed by atoms with Crippen molar-refractivity contribution in [3.63, 3.8) is 0 Å². The fourth-order valence-corrected chi connectivity index (χ4v) is 20.0. The Hall–Kier alpha value is -10.9. The molecule has 3 saturated heterocycles. The molecule has 696 valence electrons. The Labute approximate surface area is 841 Å². The summed E-state index contributed by atoms with van der Waals surface area (Å²) in [5.74, 6) is -4.21. The van der Waals surface area contributed by atoms with Crippen molar-refractivity contribution in [2.45, 2.75) is 80.1 Å². The predicted molar refractivity (Wildman–Crippen MR) is 534 cm³/mol. The molecule has 0 radical (unpaired) electrons. The molecule has 3 aliphatic heterocycles. The molecule has 27 nitrogen and oxygen atoms in total. The molecule has 9 aromatic heterocycles. The second kappa shape index (κ2) is 41.2. The third-order valence-electron chi connectivity index (χ3n) is 23.0. The smallest absolute Gasteiger partial charge is 0.276 e. The lowest BCUT2D eigenvalue weighted by molar-refractivity contribution is -0.127. The van der Waals surface area contributed by atoms with E-state index in [4.69, 9.17) is 177 Å². The Morgan fingerprint density at radius 3 is 0.867 bits per heavy atom. The molecule has 0 spiro atoms. The lowest BCUT2D eigenvalue weighted by Crippen LogP contribution is -2.49. The molecule has 0 aliphatic carbocycles. The summed E-state index contributed by atoms with van der Waals surface area (Å²) < 4.78 is 19.6. The maximum atomic E-state index is 15.6. The standard InChI is InChI=1S/2C31H25Cl5N6O3.C31H25Cl4FN6O3/c2*1-5-19(43)40-8-10-41(11-9-40)28-16-12-18(32)26(20-21(33)23(35)24(36)29(44)22(20)34)39-30(16)42(31(45)17(28)13-37)27-15(4)6-7-38-25(27)14(2)3;1-5-19(43)40-8-10-41(11-9-40)28-16-12-18(32)26(20-21(33)22(34)23(35)29(44)24(20)36)39-30(16)42(31(45)17(28)13-37)27-15(4)6-7-38-25(27)14(2)3/h3*5-7,12,14,44H,1,8-11H2,2-4H3. The number of hydrogen-bond acceptors (Lipinski definition) is 21. The van der Waals surface area contributed by atoms with Gasteiger partial charge in [0.05, 0.1) is 129 Å². The predicted octanol–water partition coefficient (Wildman–Crippen LogP) is 22.2. The average molecular weight is 2100 g/mol. The number of pyridine rings is 9. The maximum absolute atomic E-state index is 15.6. The van der Waals surface area contributed by atoms with E-state index in [-0.39, 0.29) is 181 Å². The van der Waals surface area contributed by atoms with Crippen LogP contribution >= 0.6 is 162 Å². The van der Waals surface area contributed by atoms with E-state index in [0.29, 0.717) is 144 Å². The summed E-state index contributed by atoms with van der Waals surface area (Å²) in [5.41, 5.74) is 3.40. The minimum Gasteiger partial charge on any atom is -0.505 e. The highest BCUT2D eigenvalue weighted by Gasteiger charge is 2.38. The number of nitriles is 3. The molecule has 0 atom stereocenters. The molecule has 42 heteroatoms. The van der Waals surface area contributed by atoms with E-state index in [0.717, 1.165) is 0 Å². The molecule has 3 aromatic carbocycles. The van der Waals surface area contributed by atoms with Crippen LogP contribution in [0.5, 0.6) is 17.2 Å².